The van der Waals surface area contributed by atoms with Crippen LogP contribution in [0.3, 0.4) is 0 Å². The lowest BCUT2D eigenvalue weighted by Gasteiger charge is -2.23. The number of nitriles is 1. The number of nitrogens with zero attached hydrogens (tertiary/aromatic N) is 1. The molecule has 0 radical (unpaired) electrons. The zero-order valence-electron chi connectivity index (χ0n) is 22.7. The molecule has 0 aliphatic heterocycles. The molecule has 4 aromatic carbocycles. The maximum Gasteiger partial charge on any atom is 0.323 e. The average molecular weight is 555 g/mol. The second-order valence-electron chi connectivity index (χ2n) is 10.0. The van der Waals surface area contributed by atoms with E-state index in [4.69, 9.17) is 21.1 Å². The number of ether oxygens (including phenoxy) is 2. The van der Waals surface area contributed by atoms with E-state index in [1.54, 1.807) is 44.2 Å². The van der Waals surface area contributed by atoms with Gasteiger partial charge in [-0.05, 0) is 66.8 Å². The minimum Gasteiger partial charge on any atom is -0.488 e. The van der Waals surface area contributed by atoms with Gasteiger partial charge in [0.1, 0.15) is 30.3 Å². The van der Waals surface area contributed by atoms with Gasteiger partial charge in [0.05, 0.1) is 16.7 Å². The molecule has 7 heteroatoms. The summed E-state index contributed by atoms with van der Waals surface area (Å²) in [4.78, 5) is 11.6. The largest absolute Gasteiger partial charge is 0.488 e. The molecule has 0 saturated heterocycles. The van der Waals surface area contributed by atoms with E-state index in [0.29, 0.717) is 34.3 Å². The summed E-state index contributed by atoms with van der Waals surface area (Å²) < 4.78 is 12.4. The van der Waals surface area contributed by atoms with Crippen molar-refractivity contribution in [2.75, 3.05) is 0 Å². The van der Waals surface area contributed by atoms with Crippen molar-refractivity contribution in [1.29, 1.82) is 5.26 Å². The van der Waals surface area contributed by atoms with Crippen LogP contribution in [0, 0.1) is 18.3 Å². The van der Waals surface area contributed by atoms with E-state index in [1.807, 2.05) is 36.4 Å². The Hall–Kier alpha value is -4.31. The summed E-state index contributed by atoms with van der Waals surface area (Å²) in [7, 11) is 0. The third kappa shape index (κ3) is 7.01. The van der Waals surface area contributed by atoms with Gasteiger partial charge in [-0.1, -0.05) is 72.3 Å². The molecule has 0 atom stereocenters. The lowest BCUT2D eigenvalue weighted by Crippen LogP contribution is -2.46. The highest BCUT2D eigenvalue weighted by atomic mass is 35.5. The normalized spacial score (nSPS) is 11.1. The predicted octanol–water partition coefficient (Wildman–Crippen LogP) is 7.30. The van der Waals surface area contributed by atoms with E-state index in [0.717, 1.165) is 27.8 Å². The van der Waals surface area contributed by atoms with Gasteiger partial charge in [0.15, 0.2) is 0 Å². The Bertz CT molecular complexity index is 1540. The van der Waals surface area contributed by atoms with Crippen molar-refractivity contribution >= 4 is 17.6 Å². The number of halogens is 1. The molecule has 0 amide bonds. The summed E-state index contributed by atoms with van der Waals surface area (Å²) in [5, 5.41) is 22.2. The van der Waals surface area contributed by atoms with E-state index in [1.165, 1.54) is 0 Å². The SMILES string of the molecule is Cc1c(COc2cc(OCc3cccc(C#N)c3)c(CNC(C)(C)C(=O)O)cc2Cl)cccc1-c1ccccc1. The van der Waals surface area contributed by atoms with Crippen molar-refractivity contribution in [3.8, 4) is 28.7 Å². The summed E-state index contributed by atoms with van der Waals surface area (Å²) in [6, 6.07) is 29.1. The third-order valence-electron chi connectivity index (χ3n) is 6.73. The molecular formula is C33H31ClN2O4. The summed E-state index contributed by atoms with van der Waals surface area (Å²) in [6.45, 7) is 5.99. The molecule has 0 fully saturated rings. The van der Waals surface area contributed by atoms with Gasteiger partial charge in [0.25, 0.3) is 0 Å². The van der Waals surface area contributed by atoms with Crippen LogP contribution in [0.25, 0.3) is 11.1 Å². The van der Waals surface area contributed by atoms with Crippen molar-refractivity contribution in [3.63, 3.8) is 0 Å². The van der Waals surface area contributed by atoms with E-state index in [-0.39, 0.29) is 13.2 Å². The molecule has 4 aromatic rings. The maximum absolute atomic E-state index is 11.6. The van der Waals surface area contributed by atoms with Crippen molar-refractivity contribution in [2.24, 2.45) is 0 Å². The number of hydrogen-bond acceptors (Lipinski definition) is 5. The summed E-state index contributed by atoms with van der Waals surface area (Å²) in [5.41, 5.74) is 5.33. The highest BCUT2D eigenvalue weighted by molar-refractivity contribution is 6.32. The van der Waals surface area contributed by atoms with Crippen LogP contribution in [0.1, 0.15) is 41.7 Å². The second kappa shape index (κ2) is 12.7. The Morgan fingerprint density at radius 3 is 2.38 bits per heavy atom. The first-order valence-electron chi connectivity index (χ1n) is 12.9. The molecule has 40 heavy (non-hydrogen) atoms. The molecular weight excluding hydrogens is 524 g/mol. The lowest BCUT2D eigenvalue weighted by molar-refractivity contribution is -0.143. The quantitative estimate of drug-likeness (QED) is 0.202. The average Bonchev–Trinajstić information content (AvgIpc) is 2.96. The number of aliphatic carboxylic acids is 1. The monoisotopic (exact) mass is 554 g/mol. The number of nitrogens with one attached hydrogen (secondary N) is 1. The zero-order valence-corrected chi connectivity index (χ0v) is 23.5. The number of hydrogen-bond donors (Lipinski definition) is 2. The summed E-state index contributed by atoms with van der Waals surface area (Å²) in [6.07, 6.45) is 0. The summed E-state index contributed by atoms with van der Waals surface area (Å²) in [5.74, 6) is -0.0131. The molecule has 0 spiro atoms. The predicted molar refractivity (Wildman–Crippen MR) is 156 cm³/mol. The van der Waals surface area contributed by atoms with E-state index < -0.39 is 11.5 Å². The van der Waals surface area contributed by atoms with Crippen LogP contribution in [0.2, 0.25) is 5.02 Å². The minimum absolute atomic E-state index is 0.212. The van der Waals surface area contributed by atoms with Gasteiger partial charge >= 0.3 is 5.97 Å². The van der Waals surface area contributed by atoms with Crippen molar-refractivity contribution < 1.29 is 19.4 Å². The highest BCUT2D eigenvalue weighted by Gasteiger charge is 2.27. The first-order valence-corrected chi connectivity index (χ1v) is 13.2. The molecule has 204 valence electrons. The van der Waals surface area contributed by atoms with Crippen molar-refractivity contribution in [2.45, 2.75) is 46.1 Å². The van der Waals surface area contributed by atoms with Gasteiger partial charge in [0, 0.05) is 18.2 Å². The van der Waals surface area contributed by atoms with Crippen LogP contribution in [0.4, 0.5) is 0 Å². The maximum atomic E-state index is 11.6. The van der Waals surface area contributed by atoms with Gasteiger partial charge in [-0.25, -0.2) is 0 Å². The van der Waals surface area contributed by atoms with Crippen molar-refractivity contribution in [1.82, 2.24) is 5.32 Å². The molecule has 0 aromatic heterocycles. The van der Waals surface area contributed by atoms with Gasteiger partial charge in [-0.3, -0.25) is 10.1 Å². The summed E-state index contributed by atoms with van der Waals surface area (Å²) >= 11 is 6.64. The fourth-order valence-corrected chi connectivity index (χ4v) is 4.41. The molecule has 0 aliphatic carbocycles. The van der Waals surface area contributed by atoms with Gasteiger partial charge in [0.2, 0.25) is 0 Å². The number of rotatable bonds is 11. The number of benzene rings is 4. The molecule has 0 unspecified atom stereocenters. The minimum atomic E-state index is -1.15. The Balaban J connectivity index is 1.59. The van der Waals surface area contributed by atoms with Crippen LogP contribution in [0.5, 0.6) is 11.5 Å². The Morgan fingerprint density at radius 2 is 1.65 bits per heavy atom. The van der Waals surface area contributed by atoms with Crippen LogP contribution >= 0.6 is 11.6 Å². The van der Waals surface area contributed by atoms with Crippen LogP contribution in [-0.4, -0.2) is 16.6 Å². The van der Waals surface area contributed by atoms with Gasteiger partial charge in [-0.2, -0.15) is 5.26 Å². The van der Waals surface area contributed by atoms with Crippen molar-refractivity contribution in [3.05, 3.63) is 118 Å². The number of carbonyl (C=O) groups is 1. The third-order valence-corrected chi connectivity index (χ3v) is 7.03. The fraction of sp³-hybridized carbons (Fsp3) is 0.212. The van der Waals surface area contributed by atoms with Gasteiger partial charge in [-0.15, -0.1) is 0 Å². The molecule has 2 N–H and O–H groups in total. The van der Waals surface area contributed by atoms with Crippen LogP contribution in [0.15, 0.2) is 84.9 Å². The Morgan fingerprint density at radius 1 is 0.925 bits per heavy atom. The number of carboxylic acids is 1. The lowest BCUT2D eigenvalue weighted by atomic mass is 9.97. The Kier molecular flexibility index (Phi) is 9.11. The molecule has 6 nitrogen and oxygen atoms in total. The molecule has 0 aliphatic rings. The number of carboxylic acid groups (broad SMARTS) is 1. The molecule has 0 heterocycles. The molecule has 4 rings (SSSR count). The highest BCUT2D eigenvalue weighted by Crippen LogP contribution is 2.35. The van der Waals surface area contributed by atoms with Gasteiger partial charge < -0.3 is 14.6 Å². The van der Waals surface area contributed by atoms with E-state index >= 15 is 0 Å². The van der Waals surface area contributed by atoms with E-state index in [9.17, 15) is 15.2 Å². The fourth-order valence-electron chi connectivity index (χ4n) is 4.17. The molecule has 0 bridgehead atoms. The first kappa shape index (κ1) is 28.7. The molecule has 0 saturated carbocycles. The Labute approximate surface area is 239 Å². The smallest absolute Gasteiger partial charge is 0.323 e. The van der Waals surface area contributed by atoms with E-state index in [2.05, 4.69) is 36.5 Å². The standard InChI is InChI=1S/C33H31ClN2O4/c1-22-26(13-8-14-28(22)25-11-5-4-6-12-25)21-40-31-17-30(39-20-24-10-7-9-23(15-24)18-35)27(16-29(31)34)19-36-33(2,3)32(37)38/h4-17,36H,19-21H2,1-3H3,(H,37,38). The first-order chi connectivity index (χ1) is 19.2. The van der Waals surface area contributed by atoms with Crippen LogP contribution in [-0.2, 0) is 24.6 Å². The zero-order chi connectivity index (χ0) is 28.7. The topological polar surface area (TPSA) is 91.6 Å². The van der Waals surface area contributed by atoms with Crippen LogP contribution < -0.4 is 14.8 Å². The second-order valence-corrected chi connectivity index (χ2v) is 10.4.